The van der Waals surface area contributed by atoms with Gasteiger partial charge in [0.1, 0.15) is 11.9 Å². The van der Waals surface area contributed by atoms with E-state index in [1.54, 1.807) is 19.3 Å². The molecule has 6 nitrogen and oxygen atoms in total. The van der Waals surface area contributed by atoms with Crippen molar-refractivity contribution in [3.8, 4) is 6.07 Å². The summed E-state index contributed by atoms with van der Waals surface area (Å²) >= 11 is 0. The Labute approximate surface area is 115 Å². The van der Waals surface area contributed by atoms with E-state index < -0.39 is 5.41 Å². The molecule has 0 aliphatic heterocycles. The first kappa shape index (κ1) is 12.4. The zero-order chi connectivity index (χ0) is 14.3. The third-order valence-electron chi connectivity index (χ3n) is 3.84. The first-order valence-electron chi connectivity index (χ1n) is 6.29. The summed E-state index contributed by atoms with van der Waals surface area (Å²) in [6.45, 7) is 0. The van der Waals surface area contributed by atoms with Crippen LogP contribution in [-0.4, -0.2) is 22.9 Å². The molecule has 0 radical (unpaired) electrons. The topological polar surface area (TPSA) is 105 Å². The van der Waals surface area contributed by atoms with Gasteiger partial charge in [-0.1, -0.05) is 0 Å². The number of amides is 1. The second-order valence-electron chi connectivity index (χ2n) is 4.94. The van der Waals surface area contributed by atoms with Crippen molar-refractivity contribution in [1.82, 2.24) is 9.97 Å². The van der Waals surface area contributed by atoms with E-state index in [1.165, 1.54) is 6.20 Å². The van der Waals surface area contributed by atoms with Crippen molar-refractivity contribution in [2.75, 3.05) is 12.4 Å². The standard InChI is InChI=1S/C14H13N5O/c1-17-12-10-7-18-11(14(2-3-14)13(16)20)4-9(10)8(5-15)6-19-12/h4,6-7H,2-3H2,1H3,(H2,16,20)(H,17,19). The van der Waals surface area contributed by atoms with E-state index >= 15 is 0 Å². The van der Waals surface area contributed by atoms with Gasteiger partial charge in [0.05, 0.1) is 16.7 Å². The molecule has 1 aliphatic rings. The first-order valence-corrected chi connectivity index (χ1v) is 6.29. The molecular formula is C14H13N5O. The molecule has 6 heteroatoms. The lowest BCUT2D eigenvalue weighted by Gasteiger charge is -2.12. The van der Waals surface area contributed by atoms with E-state index in [2.05, 4.69) is 21.4 Å². The van der Waals surface area contributed by atoms with Crippen LogP contribution in [0.3, 0.4) is 0 Å². The van der Waals surface area contributed by atoms with Crippen molar-refractivity contribution in [2.45, 2.75) is 18.3 Å². The van der Waals surface area contributed by atoms with E-state index in [0.29, 0.717) is 29.9 Å². The van der Waals surface area contributed by atoms with Crippen molar-refractivity contribution in [3.63, 3.8) is 0 Å². The van der Waals surface area contributed by atoms with E-state index in [0.717, 1.165) is 10.8 Å². The number of carbonyl (C=O) groups is 1. The molecular weight excluding hydrogens is 254 g/mol. The molecule has 0 unspecified atom stereocenters. The number of carbonyl (C=O) groups excluding carboxylic acids is 1. The molecule has 2 aromatic rings. The van der Waals surface area contributed by atoms with Crippen LogP contribution in [0.5, 0.6) is 0 Å². The molecule has 3 rings (SSSR count). The minimum Gasteiger partial charge on any atom is -0.373 e. The van der Waals surface area contributed by atoms with Gasteiger partial charge in [0.15, 0.2) is 0 Å². The third-order valence-corrected chi connectivity index (χ3v) is 3.84. The van der Waals surface area contributed by atoms with Gasteiger partial charge >= 0.3 is 0 Å². The van der Waals surface area contributed by atoms with Crippen LogP contribution in [0.1, 0.15) is 24.1 Å². The van der Waals surface area contributed by atoms with Crippen LogP contribution in [0, 0.1) is 11.3 Å². The highest BCUT2D eigenvalue weighted by Gasteiger charge is 2.51. The molecule has 100 valence electrons. The lowest BCUT2D eigenvalue weighted by Crippen LogP contribution is -2.29. The SMILES string of the molecule is CNc1ncc(C#N)c2cc(C3(C(N)=O)CC3)ncc12. The summed E-state index contributed by atoms with van der Waals surface area (Å²) in [6.07, 6.45) is 4.59. The van der Waals surface area contributed by atoms with Crippen LogP contribution in [0.2, 0.25) is 0 Å². The van der Waals surface area contributed by atoms with E-state index in [-0.39, 0.29) is 5.91 Å². The molecule has 0 aromatic carbocycles. The molecule has 3 N–H and O–H groups in total. The summed E-state index contributed by atoms with van der Waals surface area (Å²) in [5, 5.41) is 13.7. The predicted octanol–water partition coefficient (Wildman–Crippen LogP) is 1.06. The summed E-state index contributed by atoms with van der Waals surface area (Å²) in [4.78, 5) is 20.1. The fraction of sp³-hybridized carbons (Fsp3) is 0.286. The maximum absolute atomic E-state index is 11.6. The Morgan fingerprint density at radius 2 is 2.15 bits per heavy atom. The zero-order valence-corrected chi connectivity index (χ0v) is 11.0. The predicted molar refractivity (Wildman–Crippen MR) is 73.9 cm³/mol. The van der Waals surface area contributed by atoms with Gasteiger partial charge in [0.25, 0.3) is 0 Å². The maximum atomic E-state index is 11.6. The number of primary amides is 1. The van der Waals surface area contributed by atoms with Crippen molar-refractivity contribution < 1.29 is 4.79 Å². The number of nitrogens with one attached hydrogen (secondary N) is 1. The Hall–Kier alpha value is -2.68. The van der Waals surface area contributed by atoms with Gasteiger partial charge in [-0.15, -0.1) is 0 Å². The molecule has 0 atom stereocenters. The van der Waals surface area contributed by atoms with Gasteiger partial charge in [-0.2, -0.15) is 5.26 Å². The molecule has 20 heavy (non-hydrogen) atoms. The molecule has 0 bridgehead atoms. The number of nitrogens with zero attached hydrogens (tertiary/aromatic N) is 3. The number of aromatic nitrogens is 2. The van der Waals surface area contributed by atoms with Crippen molar-refractivity contribution >= 4 is 22.5 Å². The fourth-order valence-electron chi connectivity index (χ4n) is 2.44. The quantitative estimate of drug-likeness (QED) is 0.865. The Morgan fingerprint density at radius 1 is 1.40 bits per heavy atom. The minimum absolute atomic E-state index is 0.356. The van der Waals surface area contributed by atoms with Gasteiger partial charge in [0, 0.05) is 30.2 Å². The molecule has 0 saturated heterocycles. The van der Waals surface area contributed by atoms with E-state index in [4.69, 9.17) is 5.73 Å². The number of nitrogens with two attached hydrogens (primary N) is 1. The van der Waals surface area contributed by atoms with Gasteiger partial charge in [-0.3, -0.25) is 9.78 Å². The van der Waals surface area contributed by atoms with Crippen LogP contribution in [0.15, 0.2) is 18.5 Å². The van der Waals surface area contributed by atoms with Crippen LogP contribution in [-0.2, 0) is 10.2 Å². The summed E-state index contributed by atoms with van der Waals surface area (Å²) in [5.74, 6) is 0.299. The number of rotatable bonds is 3. The highest BCUT2D eigenvalue weighted by atomic mass is 16.1. The van der Waals surface area contributed by atoms with Crippen LogP contribution >= 0.6 is 0 Å². The number of nitriles is 1. The zero-order valence-electron chi connectivity index (χ0n) is 11.0. The summed E-state index contributed by atoms with van der Waals surface area (Å²) < 4.78 is 0. The Bertz CT molecular complexity index is 758. The van der Waals surface area contributed by atoms with Crippen LogP contribution in [0.4, 0.5) is 5.82 Å². The Balaban J connectivity index is 2.26. The number of hydrogen-bond donors (Lipinski definition) is 2. The molecule has 1 amide bonds. The molecule has 1 aliphatic carbocycles. The lowest BCUT2D eigenvalue weighted by molar-refractivity contribution is -0.120. The van der Waals surface area contributed by atoms with Gasteiger partial charge < -0.3 is 11.1 Å². The fourth-order valence-corrected chi connectivity index (χ4v) is 2.44. The van der Waals surface area contributed by atoms with Crippen molar-refractivity contribution in [1.29, 1.82) is 5.26 Å². The van der Waals surface area contributed by atoms with E-state index in [9.17, 15) is 10.1 Å². The lowest BCUT2D eigenvalue weighted by atomic mass is 9.98. The molecule has 1 saturated carbocycles. The largest absolute Gasteiger partial charge is 0.373 e. The summed E-state index contributed by atoms with van der Waals surface area (Å²) in [7, 11) is 1.76. The highest BCUT2D eigenvalue weighted by molar-refractivity contribution is 5.97. The normalized spacial score (nSPS) is 15.6. The average Bonchev–Trinajstić information content (AvgIpc) is 3.27. The second kappa shape index (κ2) is 4.17. The monoisotopic (exact) mass is 267 g/mol. The molecule has 2 aromatic heterocycles. The molecule has 0 spiro atoms. The number of fused-ring (bicyclic) bond motifs is 1. The summed E-state index contributed by atoms with van der Waals surface area (Å²) in [5.41, 5.74) is 5.92. The van der Waals surface area contributed by atoms with Crippen LogP contribution in [0.25, 0.3) is 10.8 Å². The number of pyridine rings is 2. The summed E-state index contributed by atoms with van der Waals surface area (Å²) in [6, 6.07) is 3.90. The Morgan fingerprint density at radius 3 is 2.70 bits per heavy atom. The third kappa shape index (κ3) is 1.60. The molecule has 1 fully saturated rings. The Kier molecular flexibility index (Phi) is 2.57. The van der Waals surface area contributed by atoms with Gasteiger partial charge in [-0.05, 0) is 18.9 Å². The van der Waals surface area contributed by atoms with E-state index in [1.807, 2.05) is 0 Å². The number of anilines is 1. The smallest absolute Gasteiger partial charge is 0.229 e. The van der Waals surface area contributed by atoms with Crippen LogP contribution < -0.4 is 11.1 Å². The van der Waals surface area contributed by atoms with Gasteiger partial charge in [0.2, 0.25) is 5.91 Å². The second-order valence-corrected chi connectivity index (χ2v) is 4.94. The minimum atomic E-state index is -0.649. The first-order chi connectivity index (χ1) is 9.62. The van der Waals surface area contributed by atoms with Crippen molar-refractivity contribution in [3.05, 3.63) is 29.7 Å². The average molecular weight is 267 g/mol. The highest BCUT2D eigenvalue weighted by Crippen LogP contribution is 2.47. The maximum Gasteiger partial charge on any atom is 0.229 e. The van der Waals surface area contributed by atoms with Crippen molar-refractivity contribution in [2.24, 2.45) is 5.73 Å². The van der Waals surface area contributed by atoms with Gasteiger partial charge in [-0.25, -0.2) is 4.98 Å². The molecule has 2 heterocycles. The number of hydrogen-bond acceptors (Lipinski definition) is 5.